The highest BCUT2D eigenvalue weighted by molar-refractivity contribution is 7.89. The molecule has 114 valence electrons. The van der Waals surface area contributed by atoms with E-state index in [2.05, 4.69) is 15.5 Å². The lowest BCUT2D eigenvalue weighted by Crippen LogP contribution is -2.41. The van der Waals surface area contributed by atoms with Gasteiger partial charge in [-0.2, -0.15) is 9.40 Å². The maximum absolute atomic E-state index is 12.7. The fourth-order valence-electron chi connectivity index (χ4n) is 2.30. The number of hydrogen-bond donors (Lipinski definition) is 2. The predicted octanol–water partition coefficient (Wildman–Crippen LogP) is 0.319. The normalized spacial score (nSPS) is 17.8. The molecule has 0 aromatic carbocycles. The molecule has 1 aliphatic heterocycles. The third kappa shape index (κ3) is 3.20. The summed E-state index contributed by atoms with van der Waals surface area (Å²) in [6.45, 7) is 4.46. The molecule has 1 aromatic rings. The monoisotopic (exact) mass is 302 g/mol. The van der Waals surface area contributed by atoms with Gasteiger partial charge in [-0.3, -0.25) is 5.10 Å². The Morgan fingerprint density at radius 2 is 2.20 bits per heavy atom. The minimum Gasteiger partial charge on any atom is -0.381 e. The van der Waals surface area contributed by atoms with Crippen molar-refractivity contribution >= 4 is 10.0 Å². The van der Waals surface area contributed by atoms with E-state index in [1.54, 1.807) is 13.2 Å². The predicted molar refractivity (Wildman–Crippen MR) is 74.8 cm³/mol. The molecule has 0 spiro atoms. The van der Waals surface area contributed by atoms with Gasteiger partial charge in [0.05, 0.1) is 6.20 Å². The van der Waals surface area contributed by atoms with Gasteiger partial charge in [-0.05, 0) is 19.4 Å². The van der Waals surface area contributed by atoms with Crippen molar-refractivity contribution in [2.45, 2.75) is 37.4 Å². The zero-order valence-corrected chi connectivity index (χ0v) is 12.7. The molecular formula is C12H22N4O3S. The molecule has 7 nitrogen and oxygen atoms in total. The van der Waals surface area contributed by atoms with Gasteiger partial charge in [0.2, 0.25) is 0 Å². The van der Waals surface area contributed by atoms with E-state index in [9.17, 15) is 8.42 Å². The second kappa shape index (κ2) is 6.66. The van der Waals surface area contributed by atoms with E-state index in [4.69, 9.17) is 4.74 Å². The van der Waals surface area contributed by atoms with Gasteiger partial charge in [0.25, 0.3) is 10.0 Å². The van der Waals surface area contributed by atoms with Crippen molar-refractivity contribution in [3.8, 4) is 0 Å². The Bertz CT molecular complexity index is 523. The third-order valence-corrected chi connectivity index (χ3v) is 5.51. The molecule has 20 heavy (non-hydrogen) atoms. The van der Waals surface area contributed by atoms with Crippen LogP contribution in [0.1, 0.15) is 25.3 Å². The van der Waals surface area contributed by atoms with Crippen LogP contribution in [0, 0.1) is 0 Å². The lowest BCUT2D eigenvalue weighted by molar-refractivity contribution is 0.0631. The number of aromatic amines is 1. The molecule has 1 saturated heterocycles. The number of aromatic nitrogens is 2. The van der Waals surface area contributed by atoms with E-state index in [0.29, 0.717) is 25.3 Å². The topological polar surface area (TPSA) is 87.3 Å². The van der Waals surface area contributed by atoms with E-state index in [-0.39, 0.29) is 11.1 Å². The van der Waals surface area contributed by atoms with Gasteiger partial charge in [-0.15, -0.1) is 0 Å². The van der Waals surface area contributed by atoms with Crippen LogP contribution in [-0.4, -0.2) is 55.8 Å². The van der Waals surface area contributed by atoms with Crippen LogP contribution in [0.2, 0.25) is 0 Å². The second-order valence-corrected chi connectivity index (χ2v) is 6.80. The zero-order valence-electron chi connectivity index (χ0n) is 11.9. The van der Waals surface area contributed by atoms with E-state index in [1.165, 1.54) is 4.31 Å². The van der Waals surface area contributed by atoms with Crippen LogP contribution in [0.4, 0.5) is 0 Å². The Balaban J connectivity index is 2.18. The maximum Gasteiger partial charge on any atom is 0.260 e. The summed E-state index contributed by atoms with van der Waals surface area (Å²) >= 11 is 0. The van der Waals surface area contributed by atoms with Crippen molar-refractivity contribution in [3.63, 3.8) is 0 Å². The Hall–Kier alpha value is -0.960. The minimum atomic E-state index is -3.54. The fraction of sp³-hybridized carbons (Fsp3) is 0.750. The van der Waals surface area contributed by atoms with Crippen LogP contribution in [-0.2, 0) is 21.3 Å². The van der Waals surface area contributed by atoms with E-state index >= 15 is 0 Å². The van der Waals surface area contributed by atoms with Gasteiger partial charge >= 0.3 is 0 Å². The lowest BCUT2D eigenvalue weighted by atomic mass is 10.1. The second-order valence-electron chi connectivity index (χ2n) is 4.87. The average Bonchev–Trinajstić information content (AvgIpc) is 2.94. The molecule has 2 N–H and O–H groups in total. The fourth-order valence-corrected chi connectivity index (χ4v) is 3.81. The first kappa shape index (κ1) is 15.4. The number of sulfonamides is 1. The van der Waals surface area contributed by atoms with Crippen molar-refractivity contribution < 1.29 is 13.2 Å². The average molecular weight is 302 g/mol. The Morgan fingerprint density at radius 1 is 1.50 bits per heavy atom. The summed E-state index contributed by atoms with van der Waals surface area (Å²) in [7, 11) is -1.91. The Kier molecular flexibility index (Phi) is 5.14. The summed E-state index contributed by atoms with van der Waals surface area (Å²) in [5.41, 5.74) is 0.672. The van der Waals surface area contributed by atoms with Crippen LogP contribution in [0.3, 0.4) is 0 Å². The summed E-state index contributed by atoms with van der Waals surface area (Å²) in [5, 5.41) is 9.80. The molecule has 0 amide bonds. The highest BCUT2D eigenvalue weighted by atomic mass is 32.2. The molecule has 1 fully saturated rings. The van der Waals surface area contributed by atoms with Gasteiger partial charge in [0.1, 0.15) is 0 Å². The molecule has 2 heterocycles. The summed E-state index contributed by atoms with van der Waals surface area (Å²) in [6, 6.07) is -0.0102. The summed E-state index contributed by atoms with van der Waals surface area (Å²) in [6.07, 6.45) is 3.02. The van der Waals surface area contributed by atoms with E-state index in [0.717, 1.165) is 19.4 Å². The van der Waals surface area contributed by atoms with Crippen molar-refractivity contribution in [2.24, 2.45) is 0 Å². The molecule has 0 bridgehead atoms. The van der Waals surface area contributed by atoms with Gasteiger partial charge in [0.15, 0.2) is 5.03 Å². The standard InChI is InChI=1S/C12H22N4O3S/c1-3-13-8-10-9-14-15-12(10)20(17,18)16(2)11-4-6-19-7-5-11/h9,11,13H,3-8H2,1-2H3,(H,14,15). The summed E-state index contributed by atoms with van der Waals surface area (Å²) in [5.74, 6) is 0. The minimum absolute atomic E-state index is 0.0102. The van der Waals surface area contributed by atoms with Crippen LogP contribution < -0.4 is 5.32 Å². The van der Waals surface area contributed by atoms with E-state index < -0.39 is 10.0 Å². The molecular weight excluding hydrogens is 280 g/mol. The quantitative estimate of drug-likeness (QED) is 0.790. The number of ether oxygens (including phenoxy) is 1. The molecule has 0 saturated carbocycles. The van der Waals surface area contributed by atoms with Gasteiger partial charge in [-0.25, -0.2) is 8.42 Å². The smallest absolute Gasteiger partial charge is 0.260 e. The number of rotatable bonds is 6. The highest BCUT2D eigenvalue weighted by Crippen LogP contribution is 2.22. The molecule has 8 heteroatoms. The molecule has 0 unspecified atom stereocenters. The van der Waals surface area contributed by atoms with Crippen molar-refractivity contribution in [3.05, 3.63) is 11.8 Å². The van der Waals surface area contributed by atoms with Crippen molar-refractivity contribution in [2.75, 3.05) is 26.8 Å². The lowest BCUT2D eigenvalue weighted by Gasteiger charge is -2.30. The Morgan fingerprint density at radius 3 is 2.85 bits per heavy atom. The number of H-pyrrole nitrogens is 1. The molecule has 1 aliphatic rings. The third-order valence-electron chi connectivity index (χ3n) is 3.59. The van der Waals surface area contributed by atoms with Crippen LogP contribution in [0.15, 0.2) is 11.2 Å². The number of hydrogen-bond acceptors (Lipinski definition) is 5. The first-order valence-corrected chi connectivity index (χ1v) is 8.30. The highest BCUT2D eigenvalue weighted by Gasteiger charge is 2.32. The zero-order chi connectivity index (χ0) is 14.6. The number of nitrogens with one attached hydrogen (secondary N) is 2. The van der Waals surface area contributed by atoms with Crippen LogP contribution >= 0.6 is 0 Å². The SMILES string of the molecule is CCNCc1cn[nH]c1S(=O)(=O)N(C)C1CCOCC1. The first-order chi connectivity index (χ1) is 9.57. The summed E-state index contributed by atoms with van der Waals surface area (Å²) in [4.78, 5) is 0. The molecule has 1 aromatic heterocycles. The maximum atomic E-state index is 12.7. The molecule has 0 atom stereocenters. The molecule has 0 aliphatic carbocycles. The molecule has 2 rings (SSSR count). The first-order valence-electron chi connectivity index (χ1n) is 6.86. The van der Waals surface area contributed by atoms with Gasteiger partial charge < -0.3 is 10.1 Å². The van der Waals surface area contributed by atoms with Crippen LogP contribution in [0.25, 0.3) is 0 Å². The number of nitrogens with zero attached hydrogens (tertiary/aromatic N) is 2. The summed E-state index contributed by atoms with van der Waals surface area (Å²) < 4.78 is 32.0. The van der Waals surface area contributed by atoms with Crippen molar-refractivity contribution in [1.29, 1.82) is 0 Å². The largest absolute Gasteiger partial charge is 0.381 e. The van der Waals surface area contributed by atoms with Gasteiger partial charge in [-0.1, -0.05) is 6.92 Å². The van der Waals surface area contributed by atoms with E-state index in [1.807, 2.05) is 6.92 Å². The van der Waals surface area contributed by atoms with Crippen molar-refractivity contribution in [1.82, 2.24) is 19.8 Å². The molecule has 0 radical (unpaired) electrons. The van der Waals surface area contributed by atoms with Gasteiger partial charge in [0, 0.05) is 38.4 Å². The van der Waals surface area contributed by atoms with Crippen LogP contribution in [0.5, 0.6) is 0 Å². The Labute approximate surface area is 119 Å².